The van der Waals surface area contributed by atoms with Crippen LogP contribution in [0.15, 0.2) is 66.0 Å². The molecule has 0 aliphatic carbocycles. The van der Waals surface area contributed by atoms with Gasteiger partial charge in [0.25, 0.3) is 0 Å². The molecule has 1 amide bonds. The zero-order valence-electron chi connectivity index (χ0n) is 18.2. The Morgan fingerprint density at radius 3 is 2.71 bits per heavy atom. The number of amides is 1. The number of aromatic nitrogens is 3. The molecule has 0 bridgehead atoms. The van der Waals surface area contributed by atoms with Crippen LogP contribution < -0.4 is 5.32 Å². The average molecular weight is 431 g/mol. The van der Waals surface area contributed by atoms with Crippen LogP contribution in [0.4, 0.5) is 5.69 Å². The van der Waals surface area contributed by atoms with E-state index in [1.807, 2.05) is 35.0 Å². The molecule has 0 radical (unpaired) electrons. The highest BCUT2D eigenvalue weighted by Gasteiger charge is 2.12. The van der Waals surface area contributed by atoms with Gasteiger partial charge in [-0.3, -0.25) is 4.79 Å². The molecule has 2 aromatic heterocycles. The highest BCUT2D eigenvalue weighted by molar-refractivity contribution is 8.00. The fourth-order valence-electron chi connectivity index (χ4n) is 3.36. The largest absolute Gasteiger partial charge is 0.325 e. The lowest BCUT2D eigenvalue weighted by atomic mass is 10.0. The van der Waals surface area contributed by atoms with E-state index in [0.717, 1.165) is 27.5 Å². The molecule has 0 fully saturated rings. The fourth-order valence-corrected chi connectivity index (χ4v) is 4.13. The molecule has 4 aromatic rings. The second kappa shape index (κ2) is 8.94. The van der Waals surface area contributed by atoms with E-state index in [4.69, 9.17) is 5.10 Å². The molecule has 5 nitrogen and oxygen atoms in total. The molecule has 0 unspecified atom stereocenters. The number of hydrogen-bond acceptors (Lipinski definition) is 4. The van der Waals surface area contributed by atoms with Crippen molar-refractivity contribution in [1.29, 1.82) is 0 Å². The number of carbonyl (C=O) groups is 1. The fraction of sp³-hybridized carbons (Fsp3) is 0.240. The monoisotopic (exact) mass is 430 g/mol. The van der Waals surface area contributed by atoms with Gasteiger partial charge in [0.2, 0.25) is 5.91 Å². The number of thioether (sulfide) groups is 1. The first kappa shape index (κ1) is 21.1. The molecular weight excluding hydrogens is 404 g/mol. The average Bonchev–Trinajstić information content (AvgIpc) is 3.19. The predicted molar refractivity (Wildman–Crippen MR) is 128 cm³/mol. The Morgan fingerprint density at radius 1 is 1.10 bits per heavy atom. The van der Waals surface area contributed by atoms with Crippen molar-refractivity contribution in [3.05, 3.63) is 77.6 Å². The zero-order chi connectivity index (χ0) is 22.0. The molecule has 0 atom stereocenters. The van der Waals surface area contributed by atoms with Gasteiger partial charge < -0.3 is 5.32 Å². The van der Waals surface area contributed by atoms with E-state index in [0.29, 0.717) is 5.92 Å². The molecular formula is C25H26N4OS. The number of anilines is 1. The minimum Gasteiger partial charge on any atom is -0.325 e. The van der Waals surface area contributed by atoms with Crippen LogP contribution >= 0.6 is 11.8 Å². The number of nitrogens with zero attached hydrogens (tertiary/aromatic N) is 3. The molecule has 158 valence electrons. The lowest BCUT2D eigenvalue weighted by molar-refractivity contribution is -0.113. The lowest BCUT2D eigenvalue weighted by Crippen LogP contribution is -2.14. The number of hydrogen-bond donors (Lipinski definition) is 1. The van der Waals surface area contributed by atoms with E-state index in [-0.39, 0.29) is 11.7 Å². The Balaban J connectivity index is 1.49. The summed E-state index contributed by atoms with van der Waals surface area (Å²) in [6.07, 6.45) is 3.55. The van der Waals surface area contributed by atoms with Gasteiger partial charge in [0.1, 0.15) is 5.03 Å². The SMILES string of the molecule is Cc1ccc(-c2cc3c(SCC(=O)Nc4cccc(C(C)C)c4)nccn3n2)cc1C. The molecule has 0 saturated carbocycles. The number of nitrogens with one attached hydrogen (secondary N) is 1. The zero-order valence-corrected chi connectivity index (χ0v) is 19.0. The van der Waals surface area contributed by atoms with Crippen molar-refractivity contribution in [1.82, 2.24) is 14.6 Å². The van der Waals surface area contributed by atoms with Gasteiger partial charge in [-0.1, -0.05) is 49.9 Å². The van der Waals surface area contributed by atoms with E-state index >= 15 is 0 Å². The standard InChI is InChI=1S/C25H26N4OS/c1-16(2)19-6-5-7-21(13-19)27-24(30)15-31-25-23-14-22(28-29(23)11-10-26-25)20-9-8-17(3)18(4)12-20/h5-14,16H,15H2,1-4H3,(H,27,30). The molecule has 0 aliphatic rings. The first-order chi connectivity index (χ1) is 14.9. The summed E-state index contributed by atoms with van der Waals surface area (Å²) >= 11 is 1.42. The first-order valence-electron chi connectivity index (χ1n) is 10.4. The molecule has 1 N–H and O–H groups in total. The van der Waals surface area contributed by atoms with E-state index < -0.39 is 0 Å². The van der Waals surface area contributed by atoms with Gasteiger partial charge in [-0.05, 0) is 60.7 Å². The summed E-state index contributed by atoms with van der Waals surface area (Å²) in [4.78, 5) is 17.0. The molecule has 4 rings (SSSR count). The topological polar surface area (TPSA) is 59.3 Å². The number of rotatable bonds is 6. The van der Waals surface area contributed by atoms with Gasteiger partial charge in [-0.15, -0.1) is 0 Å². The van der Waals surface area contributed by atoms with Crippen molar-refractivity contribution in [2.24, 2.45) is 0 Å². The molecule has 6 heteroatoms. The van der Waals surface area contributed by atoms with Crippen LogP contribution in [0.25, 0.3) is 16.8 Å². The van der Waals surface area contributed by atoms with Crippen LogP contribution in [0, 0.1) is 13.8 Å². The minimum absolute atomic E-state index is 0.0522. The van der Waals surface area contributed by atoms with Gasteiger partial charge in [0.05, 0.1) is 17.0 Å². The van der Waals surface area contributed by atoms with Crippen molar-refractivity contribution in [2.45, 2.75) is 38.6 Å². The van der Waals surface area contributed by atoms with E-state index in [9.17, 15) is 4.79 Å². The van der Waals surface area contributed by atoms with Crippen LogP contribution in [0.5, 0.6) is 0 Å². The molecule has 0 aliphatic heterocycles. The lowest BCUT2D eigenvalue weighted by Gasteiger charge is -2.09. The summed E-state index contributed by atoms with van der Waals surface area (Å²) in [6, 6.07) is 16.4. The minimum atomic E-state index is -0.0522. The van der Waals surface area contributed by atoms with Crippen molar-refractivity contribution >= 4 is 28.9 Å². The van der Waals surface area contributed by atoms with Crippen molar-refractivity contribution in [3.8, 4) is 11.3 Å². The summed E-state index contributed by atoms with van der Waals surface area (Å²) in [5.41, 5.74) is 7.39. The van der Waals surface area contributed by atoms with Crippen LogP contribution in [0.2, 0.25) is 0 Å². The quantitative estimate of drug-likeness (QED) is 0.389. The van der Waals surface area contributed by atoms with Crippen molar-refractivity contribution < 1.29 is 4.79 Å². The van der Waals surface area contributed by atoms with Gasteiger partial charge in [-0.25, -0.2) is 9.50 Å². The Kier molecular flexibility index (Phi) is 6.09. The Labute approximate surface area is 186 Å². The van der Waals surface area contributed by atoms with Crippen LogP contribution in [0.3, 0.4) is 0 Å². The van der Waals surface area contributed by atoms with Gasteiger partial charge in [0.15, 0.2) is 0 Å². The summed E-state index contributed by atoms with van der Waals surface area (Å²) in [5.74, 6) is 0.646. The highest BCUT2D eigenvalue weighted by atomic mass is 32.2. The number of fused-ring (bicyclic) bond motifs is 1. The van der Waals surface area contributed by atoms with Crippen molar-refractivity contribution in [3.63, 3.8) is 0 Å². The molecule has 2 heterocycles. The number of benzene rings is 2. The summed E-state index contributed by atoms with van der Waals surface area (Å²) in [7, 11) is 0. The smallest absolute Gasteiger partial charge is 0.234 e. The second-order valence-corrected chi connectivity index (χ2v) is 8.97. The van der Waals surface area contributed by atoms with E-state index in [1.54, 1.807) is 6.20 Å². The first-order valence-corrected chi connectivity index (χ1v) is 11.3. The molecule has 31 heavy (non-hydrogen) atoms. The van der Waals surface area contributed by atoms with Gasteiger partial charge in [-0.2, -0.15) is 5.10 Å². The Morgan fingerprint density at radius 2 is 1.94 bits per heavy atom. The Bertz CT molecular complexity index is 1250. The maximum Gasteiger partial charge on any atom is 0.234 e. The van der Waals surface area contributed by atoms with Gasteiger partial charge in [0, 0.05) is 23.6 Å². The maximum absolute atomic E-state index is 12.5. The third-order valence-electron chi connectivity index (χ3n) is 5.33. The summed E-state index contributed by atoms with van der Waals surface area (Å²) in [6.45, 7) is 8.49. The normalized spacial score (nSPS) is 11.3. The highest BCUT2D eigenvalue weighted by Crippen LogP contribution is 2.27. The van der Waals surface area contributed by atoms with Gasteiger partial charge >= 0.3 is 0 Å². The Hall–Kier alpha value is -3.12. The summed E-state index contributed by atoms with van der Waals surface area (Å²) < 4.78 is 1.82. The third kappa shape index (κ3) is 4.80. The van der Waals surface area contributed by atoms with E-state index in [1.165, 1.54) is 28.5 Å². The number of aryl methyl sites for hydroxylation is 2. The third-order valence-corrected chi connectivity index (χ3v) is 6.33. The summed E-state index contributed by atoms with van der Waals surface area (Å²) in [5, 5.41) is 8.47. The maximum atomic E-state index is 12.5. The van der Waals surface area contributed by atoms with Crippen LogP contribution in [-0.2, 0) is 4.79 Å². The molecule has 0 spiro atoms. The van der Waals surface area contributed by atoms with Crippen LogP contribution in [-0.4, -0.2) is 26.3 Å². The van der Waals surface area contributed by atoms with Crippen molar-refractivity contribution in [2.75, 3.05) is 11.1 Å². The molecule has 0 saturated heterocycles. The molecule has 2 aromatic carbocycles. The second-order valence-electron chi connectivity index (χ2n) is 8.01. The predicted octanol–water partition coefficient (Wildman–Crippen LogP) is 5.87. The van der Waals surface area contributed by atoms with E-state index in [2.05, 4.69) is 62.3 Å². The number of carbonyl (C=O) groups excluding carboxylic acids is 1. The van der Waals surface area contributed by atoms with Crippen LogP contribution in [0.1, 0.15) is 36.5 Å².